The number of amides is 2. The van der Waals surface area contributed by atoms with Gasteiger partial charge in [-0.3, -0.25) is 10.2 Å². The molecule has 0 saturated carbocycles. The van der Waals surface area contributed by atoms with Gasteiger partial charge in [0.25, 0.3) is 0 Å². The van der Waals surface area contributed by atoms with E-state index >= 15 is 0 Å². The molecule has 9 heteroatoms. The average molecular weight is 456 g/mol. The van der Waals surface area contributed by atoms with Gasteiger partial charge in [-0.05, 0) is 36.8 Å². The zero-order chi connectivity index (χ0) is 23.4. The third-order valence-electron chi connectivity index (χ3n) is 5.74. The largest absolute Gasteiger partial charge is 0.420 e. The second-order valence-electron chi connectivity index (χ2n) is 8.04. The molecular weight excluding hydrogens is 430 g/mol. The molecule has 2 heterocycles. The maximum atomic E-state index is 13.9. The van der Waals surface area contributed by atoms with Crippen molar-refractivity contribution in [1.29, 1.82) is 0 Å². The van der Waals surface area contributed by atoms with E-state index in [1.54, 1.807) is 20.1 Å². The second-order valence-corrected chi connectivity index (χ2v) is 8.04. The molecule has 174 valence electrons. The van der Waals surface area contributed by atoms with Crippen LogP contribution in [-0.2, 0) is 4.74 Å². The molecule has 1 aliphatic rings. The van der Waals surface area contributed by atoms with E-state index in [2.05, 4.69) is 20.5 Å². The smallest absolute Gasteiger partial charge is 0.321 e. The van der Waals surface area contributed by atoms with Gasteiger partial charge in [0.1, 0.15) is 5.69 Å². The first-order chi connectivity index (χ1) is 15.9. The average Bonchev–Trinajstić information content (AvgIpc) is 3.38. The lowest BCUT2D eigenvalue weighted by molar-refractivity contribution is 0.159. The predicted octanol–water partition coefficient (Wildman–Crippen LogP) is 4.16. The van der Waals surface area contributed by atoms with E-state index in [-0.39, 0.29) is 17.8 Å². The molecule has 0 aliphatic carbocycles. The molecule has 33 heavy (non-hydrogen) atoms. The second kappa shape index (κ2) is 10.1. The van der Waals surface area contributed by atoms with Crippen molar-refractivity contribution in [3.63, 3.8) is 0 Å². The van der Waals surface area contributed by atoms with Crippen LogP contribution < -0.4 is 10.6 Å². The van der Waals surface area contributed by atoms with Crippen LogP contribution in [0.25, 0.3) is 11.5 Å². The van der Waals surface area contributed by atoms with E-state index in [0.717, 1.165) is 11.6 Å². The van der Waals surface area contributed by atoms with Crippen molar-refractivity contribution in [2.45, 2.75) is 18.9 Å². The number of urea groups is 1. The Bertz CT molecular complexity index is 1110. The summed E-state index contributed by atoms with van der Waals surface area (Å²) in [5.74, 6) is -1.35. The summed E-state index contributed by atoms with van der Waals surface area (Å²) in [6.07, 6.45) is 0. The summed E-state index contributed by atoms with van der Waals surface area (Å²) >= 11 is 0. The Kier molecular flexibility index (Phi) is 7.00. The van der Waals surface area contributed by atoms with E-state index < -0.39 is 17.7 Å². The first kappa shape index (κ1) is 22.9. The van der Waals surface area contributed by atoms with Crippen LogP contribution >= 0.6 is 0 Å². The zero-order valence-corrected chi connectivity index (χ0v) is 18.5. The number of anilines is 1. The fourth-order valence-electron chi connectivity index (χ4n) is 4.04. The summed E-state index contributed by atoms with van der Waals surface area (Å²) < 4.78 is 38.2. The number of aromatic nitrogens is 1. The molecular formula is C24H26F2N4O3. The SMILES string of the molecule is COCCN1CC(NC(=O)Nc2oc(-c3ccccc3)nc2C)C(c2ccc(F)c(F)c2)C1. The van der Waals surface area contributed by atoms with E-state index in [1.807, 2.05) is 30.3 Å². The highest BCUT2D eigenvalue weighted by atomic mass is 19.2. The zero-order valence-electron chi connectivity index (χ0n) is 18.5. The van der Waals surface area contributed by atoms with Crippen LogP contribution in [0.4, 0.5) is 19.5 Å². The van der Waals surface area contributed by atoms with E-state index in [0.29, 0.717) is 43.4 Å². The first-order valence-corrected chi connectivity index (χ1v) is 10.7. The summed E-state index contributed by atoms with van der Waals surface area (Å²) in [6.45, 7) is 4.07. The summed E-state index contributed by atoms with van der Waals surface area (Å²) in [5, 5.41) is 5.68. The number of rotatable bonds is 7. The van der Waals surface area contributed by atoms with Crippen molar-refractivity contribution in [2.24, 2.45) is 0 Å². The molecule has 1 saturated heterocycles. The van der Waals surface area contributed by atoms with Crippen molar-refractivity contribution >= 4 is 11.9 Å². The molecule has 2 N–H and O–H groups in total. The molecule has 1 fully saturated rings. The van der Waals surface area contributed by atoms with Gasteiger partial charge in [0.2, 0.25) is 11.8 Å². The third kappa shape index (κ3) is 5.37. The molecule has 2 aromatic carbocycles. The predicted molar refractivity (Wildman–Crippen MR) is 120 cm³/mol. The lowest BCUT2D eigenvalue weighted by Gasteiger charge is -2.20. The molecule has 0 bridgehead atoms. The number of hydrogen-bond acceptors (Lipinski definition) is 5. The number of aryl methyl sites for hydroxylation is 1. The molecule has 3 aromatic rings. The standard InChI is InChI=1S/C24H26F2N4O3/c1-15-22(33-23(27-15)16-6-4-3-5-7-16)29-24(31)28-21-14-30(10-11-32-2)13-18(21)17-8-9-19(25)20(26)12-17/h3-9,12,18,21H,10-11,13-14H2,1-2H3,(H2,28,29,31). The van der Waals surface area contributed by atoms with Crippen molar-refractivity contribution in [3.8, 4) is 11.5 Å². The van der Waals surface area contributed by atoms with Crippen molar-refractivity contribution < 1.29 is 22.7 Å². The Balaban J connectivity index is 1.47. The van der Waals surface area contributed by atoms with Gasteiger partial charge in [0.05, 0.1) is 12.6 Å². The van der Waals surface area contributed by atoms with Crippen molar-refractivity contribution in [3.05, 3.63) is 71.4 Å². The fraction of sp³-hybridized carbons (Fsp3) is 0.333. The van der Waals surface area contributed by atoms with Crippen LogP contribution in [0.2, 0.25) is 0 Å². The van der Waals surface area contributed by atoms with Crippen LogP contribution in [0.15, 0.2) is 52.9 Å². The molecule has 0 radical (unpaired) electrons. The number of nitrogens with one attached hydrogen (secondary N) is 2. The molecule has 4 rings (SSSR count). The Morgan fingerprint density at radius 2 is 1.97 bits per heavy atom. The molecule has 7 nitrogen and oxygen atoms in total. The highest BCUT2D eigenvalue weighted by molar-refractivity contribution is 5.88. The first-order valence-electron chi connectivity index (χ1n) is 10.7. The fourth-order valence-corrected chi connectivity index (χ4v) is 4.04. The normalized spacial score (nSPS) is 18.4. The van der Waals surface area contributed by atoms with E-state index in [1.165, 1.54) is 6.07 Å². The molecule has 2 atom stereocenters. The maximum absolute atomic E-state index is 13.9. The number of ether oxygens (including phenoxy) is 1. The molecule has 2 amide bonds. The van der Waals surface area contributed by atoms with Gasteiger partial charge in [0, 0.05) is 38.2 Å². The van der Waals surface area contributed by atoms with E-state index in [9.17, 15) is 13.6 Å². The number of carbonyl (C=O) groups excluding carboxylic acids is 1. The summed E-state index contributed by atoms with van der Waals surface area (Å²) in [4.78, 5) is 19.3. The van der Waals surface area contributed by atoms with Gasteiger partial charge < -0.3 is 14.5 Å². The van der Waals surface area contributed by atoms with Crippen molar-refractivity contribution in [1.82, 2.24) is 15.2 Å². The highest BCUT2D eigenvalue weighted by Crippen LogP contribution is 2.29. The number of nitrogens with zero attached hydrogens (tertiary/aromatic N) is 2. The van der Waals surface area contributed by atoms with Crippen LogP contribution in [0.1, 0.15) is 17.2 Å². The van der Waals surface area contributed by atoms with Crippen LogP contribution in [-0.4, -0.2) is 55.3 Å². The minimum atomic E-state index is -0.906. The number of halogens is 2. The van der Waals surface area contributed by atoms with Gasteiger partial charge >= 0.3 is 6.03 Å². The number of carbonyl (C=O) groups is 1. The Morgan fingerprint density at radius 1 is 1.18 bits per heavy atom. The number of hydrogen-bond donors (Lipinski definition) is 2. The Morgan fingerprint density at radius 3 is 2.70 bits per heavy atom. The Labute approximate surface area is 190 Å². The molecule has 1 aromatic heterocycles. The number of oxazole rings is 1. The lowest BCUT2D eigenvalue weighted by Crippen LogP contribution is -2.42. The van der Waals surface area contributed by atoms with Gasteiger partial charge in [-0.15, -0.1) is 0 Å². The summed E-state index contributed by atoms with van der Waals surface area (Å²) in [6, 6.07) is 12.5. The highest BCUT2D eigenvalue weighted by Gasteiger charge is 2.35. The lowest BCUT2D eigenvalue weighted by atomic mass is 9.94. The van der Waals surface area contributed by atoms with Crippen LogP contribution in [0, 0.1) is 18.6 Å². The number of methoxy groups -OCH3 is 1. The summed E-state index contributed by atoms with van der Waals surface area (Å²) in [7, 11) is 1.62. The number of benzene rings is 2. The summed E-state index contributed by atoms with van der Waals surface area (Å²) in [5.41, 5.74) is 1.98. The third-order valence-corrected chi connectivity index (χ3v) is 5.74. The minimum Gasteiger partial charge on any atom is -0.420 e. The topological polar surface area (TPSA) is 79.6 Å². The molecule has 0 spiro atoms. The number of likely N-dealkylation sites (tertiary alicyclic amines) is 1. The quantitative estimate of drug-likeness (QED) is 0.558. The maximum Gasteiger partial charge on any atom is 0.321 e. The van der Waals surface area contributed by atoms with Crippen LogP contribution in [0.3, 0.4) is 0 Å². The van der Waals surface area contributed by atoms with Gasteiger partial charge in [-0.2, -0.15) is 0 Å². The van der Waals surface area contributed by atoms with Gasteiger partial charge in [0.15, 0.2) is 11.6 Å². The van der Waals surface area contributed by atoms with Gasteiger partial charge in [-0.25, -0.2) is 18.6 Å². The minimum absolute atomic E-state index is 0.210. The molecule has 2 unspecified atom stereocenters. The van der Waals surface area contributed by atoms with Crippen LogP contribution in [0.5, 0.6) is 0 Å². The monoisotopic (exact) mass is 456 g/mol. The van der Waals surface area contributed by atoms with E-state index in [4.69, 9.17) is 9.15 Å². The molecule has 1 aliphatic heterocycles. The van der Waals surface area contributed by atoms with Crippen molar-refractivity contribution in [2.75, 3.05) is 38.7 Å². The van der Waals surface area contributed by atoms with Gasteiger partial charge in [-0.1, -0.05) is 24.3 Å². The Hall–Kier alpha value is -3.30.